The summed E-state index contributed by atoms with van der Waals surface area (Å²) in [6.07, 6.45) is 0. The van der Waals surface area contributed by atoms with Gasteiger partial charge in [-0.25, -0.2) is 9.18 Å². The molecule has 0 spiro atoms. The molecule has 0 aliphatic heterocycles. The van der Waals surface area contributed by atoms with Crippen LogP contribution >= 0.6 is 11.6 Å². The van der Waals surface area contributed by atoms with Crippen molar-refractivity contribution in [3.63, 3.8) is 0 Å². The summed E-state index contributed by atoms with van der Waals surface area (Å²) in [6.45, 7) is 5.12. The van der Waals surface area contributed by atoms with Crippen molar-refractivity contribution in [3.8, 4) is 11.3 Å². The van der Waals surface area contributed by atoms with Crippen molar-refractivity contribution in [2.24, 2.45) is 0 Å². The van der Waals surface area contributed by atoms with Crippen LogP contribution in [-0.4, -0.2) is 14.5 Å². The lowest BCUT2D eigenvalue weighted by molar-refractivity contribution is 0.0516. The van der Waals surface area contributed by atoms with Gasteiger partial charge in [0, 0.05) is 16.1 Å². The molecule has 0 unspecified atom stereocenters. The number of rotatable bonds is 6. The summed E-state index contributed by atoms with van der Waals surface area (Å²) in [5.41, 5.74) is 0.862. The lowest BCUT2D eigenvalue weighted by atomic mass is 9.97. The molecule has 0 saturated carbocycles. The molecule has 0 amide bonds. The lowest BCUT2D eigenvalue weighted by Gasteiger charge is -2.20. The van der Waals surface area contributed by atoms with Crippen LogP contribution < -0.4 is 11.2 Å². The summed E-state index contributed by atoms with van der Waals surface area (Å²) in [4.78, 5) is 25.3. The van der Waals surface area contributed by atoms with Crippen LogP contribution in [0.5, 0.6) is 0 Å². The first kappa shape index (κ1) is 21.8. The zero-order chi connectivity index (χ0) is 22.0. The van der Waals surface area contributed by atoms with Crippen molar-refractivity contribution in [1.29, 1.82) is 0 Å². The predicted molar refractivity (Wildman–Crippen MR) is 113 cm³/mol. The number of hydrogen-bond acceptors (Lipinski definition) is 4. The highest BCUT2D eigenvalue weighted by atomic mass is 35.5. The van der Waals surface area contributed by atoms with Crippen molar-refractivity contribution >= 4 is 11.6 Å². The quantitative estimate of drug-likeness (QED) is 0.589. The molecule has 6 nitrogen and oxygen atoms in total. The number of hydrogen-bond donors (Lipinski definition) is 1. The normalized spacial score (nSPS) is 11.3. The average molecular weight is 433 g/mol. The standard InChI is InChI=1S/C22H22ClFN2O4/c1-13(2)19-20(15-6-4-14(3)5-7-15)25(22(28)26(29)21(19)27)12-30-11-16-8-9-17(23)10-18(16)24/h4-10,13,29H,11-12H2,1-3H3. The van der Waals surface area contributed by atoms with E-state index in [9.17, 15) is 19.2 Å². The second-order valence-electron chi connectivity index (χ2n) is 7.32. The van der Waals surface area contributed by atoms with Gasteiger partial charge in [0.1, 0.15) is 12.5 Å². The van der Waals surface area contributed by atoms with E-state index in [0.717, 1.165) is 5.56 Å². The Morgan fingerprint density at radius 3 is 2.40 bits per heavy atom. The monoisotopic (exact) mass is 432 g/mol. The van der Waals surface area contributed by atoms with Gasteiger partial charge in [0.05, 0.1) is 12.3 Å². The summed E-state index contributed by atoms with van der Waals surface area (Å²) in [5.74, 6) is -0.795. The number of aromatic nitrogens is 2. The van der Waals surface area contributed by atoms with Gasteiger partial charge in [0.25, 0.3) is 5.56 Å². The van der Waals surface area contributed by atoms with E-state index in [4.69, 9.17) is 16.3 Å². The van der Waals surface area contributed by atoms with Crippen molar-refractivity contribution in [3.05, 3.63) is 90.8 Å². The van der Waals surface area contributed by atoms with Crippen LogP contribution in [0.4, 0.5) is 4.39 Å². The molecule has 0 bridgehead atoms. The Hall–Kier alpha value is -2.90. The van der Waals surface area contributed by atoms with E-state index in [-0.39, 0.29) is 40.1 Å². The third-order valence-corrected chi connectivity index (χ3v) is 4.99. The molecule has 1 heterocycles. The van der Waals surface area contributed by atoms with E-state index in [1.165, 1.54) is 22.8 Å². The molecule has 8 heteroatoms. The van der Waals surface area contributed by atoms with Crippen LogP contribution in [0.1, 0.15) is 36.5 Å². The van der Waals surface area contributed by atoms with Crippen LogP contribution in [0.25, 0.3) is 11.3 Å². The summed E-state index contributed by atoms with van der Waals surface area (Å²) in [7, 11) is 0. The predicted octanol–water partition coefficient (Wildman–Crippen LogP) is 4.31. The molecule has 1 aromatic heterocycles. The SMILES string of the molecule is Cc1ccc(-c2c(C(C)C)c(=O)n(O)c(=O)n2COCc2ccc(Cl)cc2F)cc1. The minimum absolute atomic E-state index is 0.0826. The Morgan fingerprint density at radius 1 is 1.13 bits per heavy atom. The van der Waals surface area contributed by atoms with E-state index < -0.39 is 17.1 Å². The van der Waals surface area contributed by atoms with Gasteiger partial charge >= 0.3 is 5.69 Å². The maximum atomic E-state index is 14.0. The summed E-state index contributed by atoms with van der Waals surface area (Å²) < 4.78 is 20.8. The maximum absolute atomic E-state index is 14.0. The van der Waals surface area contributed by atoms with Gasteiger partial charge in [-0.05, 0) is 30.5 Å². The number of nitrogens with zero attached hydrogens (tertiary/aromatic N) is 2. The Labute approximate surface area is 177 Å². The molecule has 3 rings (SSSR count). The topological polar surface area (TPSA) is 73.5 Å². The van der Waals surface area contributed by atoms with E-state index in [2.05, 4.69) is 0 Å². The van der Waals surface area contributed by atoms with E-state index in [1.807, 2.05) is 19.1 Å². The second-order valence-corrected chi connectivity index (χ2v) is 7.76. The third kappa shape index (κ3) is 4.32. The first-order valence-corrected chi connectivity index (χ1v) is 9.76. The van der Waals surface area contributed by atoms with Crippen molar-refractivity contribution in [2.45, 2.75) is 40.0 Å². The molecule has 158 valence electrons. The van der Waals surface area contributed by atoms with E-state index in [1.54, 1.807) is 26.0 Å². The molecule has 0 fully saturated rings. The fourth-order valence-corrected chi connectivity index (χ4v) is 3.36. The van der Waals surface area contributed by atoms with Gasteiger partial charge < -0.3 is 9.94 Å². The molecule has 0 aliphatic carbocycles. The summed E-state index contributed by atoms with van der Waals surface area (Å²) >= 11 is 5.76. The van der Waals surface area contributed by atoms with E-state index >= 15 is 0 Å². The van der Waals surface area contributed by atoms with Crippen LogP contribution in [0.3, 0.4) is 0 Å². The molecule has 3 aromatic rings. The van der Waals surface area contributed by atoms with Crippen LogP contribution in [0, 0.1) is 12.7 Å². The smallest absolute Gasteiger partial charge is 0.366 e. The van der Waals surface area contributed by atoms with Gasteiger partial charge in [-0.2, -0.15) is 0 Å². The van der Waals surface area contributed by atoms with E-state index in [0.29, 0.717) is 11.3 Å². The van der Waals surface area contributed by atoms with Gasteiger partial charge in [-0.1, -0.05) is 66.1 Å². The van der Waals surface area contributed by atoms with Crippen molar-refractivity contribution < 1.29 is 14.3 Å². The molecule has 30 heavy (non-hydrogen) atoms. The van der Waals surface area contributed by atoms with Crippen LogP contribution in [0.15, 0.2) is 52.1 Å². The van der Waals surface area contributed by atoms with Gasteiger partial charge in [-0.3, -0.25) is 9.36 Å². The molecule has 0 atom stereocenters. The first-order chi connectivity index (χ1) is 14.2. The Balaban J connectivity index is 2.07. The zero-order valence-electron chi connectivity index (χ0n) is 16.9. The van der Waals surface area contributed by atoms with Gasteiger partial charge in [0.2, 0.25) is 0 Å². The van der Waals surface area contributed by atoms with Crippen LogP contribution in [0.2, 0.25) is 5.02 Å². The zero-order valence-corrected chi connectivity index (χ0v) is 17.6. The number of ether oxygens (including phenoxy) is 1. The molecule has 0 aliphatic rings. The minimum Gasteiger partial charge on any atom is -0.421 e. The molecular weight excluding hydrogens is 411 g/mol. The van der Waals surface area contributed by atoms with Crippen LogP contribution in [-0.2, 0) is 18.1 Å². The van der Waals surface area contributed by atoms with Gasteiger partial charge in [-0.15, -0.1) is 0 Å². The molecule has 0 saturated heterocycles. The highest BCUT2D eigenvalue weighted by Gasteiger charge is 2.22. The molecular formula is C22H22ClFN2O4. The lowest BCUT2D eigenvalue weighted by Crippen LogP contribution is -2.42. The Bertz CT molecular complexity index is 1180. The van der Waals surface area contributed by atoms with Crippen molar-refractivity contribution in [1.82, 2.24) is 9.30 Å². The first-order valence-electron chi connectivity index (χ1n) is 9.38. The average Bonchev–Trinajstić information content (AvgIpc) is 2.69. The Morgan fingerprint density at radius 2 is 1.80 bits per heavy atom. The second kappa shape index (κ2) is 8.85. The molecule has 1 N–H and O–H groups in total. The summed E-state index contributed by atoms with van der Waals surface area (Å²) in [5, 5.41) is 10.3. The van der Waals surface area contributed by atoms with Gasteiger partial charge in [0.15, 0.2) is 0 Å². The minimum atomic E-state index is -0.934. The fraction of sp³-hybridized carbons (Fsp3) is 0.273. The number of halogens is 2. The maximum Gasteiger partial charge on any atom is 0.366 e. The highest BCUT2D eigenvalue weighted by molar-refractivity contribution is 6.30. The summed E-state index contributed by atoms with van der Waals surface area (Å²) in [6, 6.07) is 11.5. The van der Waals surface area contributed by atoms with Crippen molar-refractivity contribution in [2.75, 3.05) is 0 Å². The fourth-order valence-electron chi connectivity index (χ4n) is 3.21. The number of aryl methyl sites for hydroxylation is 1. The third-order valence-electron chi connectivity index (χ3n) is 4.76. The molecule has 2 aromatic carbocycles. The largest absolute Gasteiger partial charge is 0.421 e. The highest BCUT2D eigenvalue weighted by Crippen LogP contribution is 2.26. The number of benzene rings is 2. The Kier molecular flexibility index (Phi) is 6.43. The molecule has 0 radical (unpaired) electrons.